The van der Waals surface area contributed by atoms with E-state index in [4.69, 9.17) is 5.84 Å². The zero-order chi connectivity index (χ0) is 14.8. The maximum atomic E-state index is 12.4. The Hall–Kier alpha value is -1.18. The summed E-state index contributed by atoms with van der Waals surface area (Å²) in [6.07, 6.45) is 4.50. The first-order valence-corrected chi connectivity index (χ1v) is 8.41. The molecule has 0 aromatic carbocycles. The van der Waals surface area contributed by atoms with Gasteiger partial charge in [-0.05, 0) is 30.7 Å². The summed E-state index contributed by atoms with van der Waals surface area (Å²) in [5, 5.41) is 0. The molecule has 7 heteroatoms. The third-order valence-electron chi connectivity index (χ3n) is 4.25. The molecule has 1 fully saturated rings. The number of hydrazine groups is 1. The number of nitrogen functional groups attached to an aromatic ring is 1. The van der Waals surface area contributed by atoms with Crippen LogP contribution in [0.2, 0.25) is 0 Å². The van der Waals surface area contributed by atoms with Gasteiger partial charge in [-0.3, -0.25) is 0 Å². The summed E-state index contributed by atoms with van der Waals surface area (Å²) in [4.78, 5) is 4.10. The summed E-state index contributed by atoms with van der Waals surface area (Å²) in [6, 6.07) is 2.91. The number of nitrogens with zero attached hydrogens (tertiary/aromatic N) is 1. The molecule has 112 valence electrons. The fraction of sp³-hybridized carbons (Fsp3) is 0.615. The van der Waals surface area contributed by atoms with E-state index >= 15 is 0 Å². The average Bonchev–Trinajstić information content (AvgIpc) is 2.79. The van der Waals surface area contributed by atoms with Crippen LogP contribution in [-0.4, -0.2) is 19.4 Å². The van der Waals surface area contributed by atoms with E-state index in [2.05, 4.69) is 29.0 Å². The lowest BCUT2D eigenvalue weighted by atomic mass is 9.94. The molecule has 6 nitrogen and oxygen atoms in total. The molecule has 1 heterocycles. The van der Waals surface area contributed by atoms with Gasteiger partial charge in [0.2, 0.25) is 10.0 Å². The van der Waals surface area contributed by atoms with Crippen molar-refractivity contribution in [3.8, 4) is 0 Å². The van der Waals surface area contributed by atoms with Crippen LogP contribution in [0.1, 0.15) is 33.1 Å². The minimum absolute atomic E-state index is 0.00685. The zero-order valence-electron chi connectivity index (χ0n) is 11.8. The Morgan fingerprint density at radius 3 is 2.80 bits per heavy atom. The minimum atomic E-state index is -3.53. The Morgan fingerprint density at radius 1 is 1.45 bits per heavy atom. The molecule has 0 saturated heterocycles. The fourth-order valence-corrected chi connectivity index (χ4v) is 4.29. The van der Waals surface area contributed by atoms with Crippen molar-refractivity contribution in [1.29, 1.82) is 0 Å². The maximum Gasteiger partial charge on any atom is 0.241 e. The number of hydrogen-bond acceptors (Lipinski definition) is 5. The summed E-state index contributed by atoms with van der Waals surface area (Å²) in [6.45, 7) is 4.27. The van der Waals surface area contributed by atoms with Gasteiger partial charge in [0.25, 0.3) is 0 Å². The van der Waals surface area contributed by atoms with Gasteiger partial charge in [-0.2, -0.15) is 0 Å². The number of nitrogens with one attached hydrogen (secondary N) is 2. The van der Waals surface area contributed by atoms with Crippen LogP contribution in [0.5, 0.6) is 0 Å². The van der Waals surface area contributed by atoms with E-state index in [-0.39, 0.29) is 10.9 Å². The first-order valence-electron chi connectivity index (χ1n) is 6.93. The highest BCUT2D eigenvalue weighted by molar-refractivity contribution is 7.89. The van der Waals surface area contributed by atoms with E-state index < -0.39 is 10.0 Å². The first-order chi connectivity index (χ1) is 9.47. The van der Waals surface area contributed by atoms with Crippen LogP contribution in [0.15, 0.2) is 23.2 Å². The van der Waals surface area contributed by atoms with E-state index in [1.54, 1.807) is 0 Å². The largest absolute Gasteiger partial charge is 0.308 e. The second-order valence-electron chi connectivity index (χ2n) is 5.35. The number of pyridine rings is 1. The number of anilines is 1. The molecule has 3 atom stereocenters. The molecule has 3 unspecified atom stereocenters. The number of rotatable bonds is 5. The monoisotopic (exact) mass is 298 g/mol. The smallest absolute Gasteiger partial charge is 0.241 e. The minimum Gasteiger partial charge on any atom is -0.308 e. The van der Waals surface area contributed by atoms with Gasteiger partial charge in [0.1, 0.15) is 5.82 Å². The van der Waals surface area contributed by atoms with Crippen molar-refractivity contribution in [2.45, 2.75) is 44.0 Å². The van der Waals surface area contributed by atoms with Crippen molar-refractivity contribution in [2.24, 2.45) is 17.7 Å². The van der Waals surface area contributed by atoms with Crippen LogP contribution in [0.4, 0.5) is 5.82 Å². The third kappa shape index (κ3) is 3.11. The van der Waals surface area contributed by atoms with Gasteiger partial charge in [0.05, 0.1) is 4.90 Å². The second-order valence-corrected chi connectivity index (χ2v) is 7.07. The fourth-order valence-electron chi connectivity index (χ4n) is 2.91. The highest BCUT2D eigenvalue weighted by Crippen LogP contribution is 2.34. The Bertz CT molecular complexity index is 561. The maximum absolute atomic E-state index is 12.4. The summed E-state index contributed by atoms with van der Waals surface area (Å²) >= 11 is 0. The normalized spacial score (nSPS) is 26.6. The molecule has 4 N–H and O–H groups in total. The molecule has 1 aliphatic carbocycles. The number of aromatic nitrogens is 1. The summed E-state index contributed by atoms with van der Waals surface area (Å²) in [7, 11) is -3.53. The molecule has 1 aromatic rings. The van der Waals surface area contributed by atoms with Gasteiger partial charge in [0.15, 0.2) is 0 Å². The standard InChI is InChI=1S/C13H22N4O2S/c1-3-10-4-5-12(9(10)2)17-20(18,19)11-6-7-15-13(8-11)16-14/h6-10,12,17H,3-5,14H2,1-2H3,(H,15,16). The number of nitrogens with two attached hydrogens (primary N) is 1. The average molecular weight is 298 g/mol. The van der Waals surface area contributed by atoms with E-state index in [9.17, 15) is 8.42 Å². The van der Waals surface area contributed by atoms with E-state index in [1.807, 2.05) is 0 Å². The molecule has 0 aliphatic heterocycles. The van der Waals surface area contributed by atoms with Gasteiger partial charge >= 0.3 is 0 Å². The quantitative estimate of drug-likeness (QED) is 0.565. The second kappa shape index (κ2) is 6.07. The van der Waals surface area contributed by atoms with Crippen LogP contribution >= 0.6 is 0 Å². The van der Waals surface area contributed by atoms with E-state index in [1.165, 1.54) is 18.3 Å². The number of hydrogen-bond donors (Lipinski definition) is 3. The molecular formula is C13H22N4O2S. The molecule has 1 aromatic heterocycles. The molecule has 20 heavy (non-hydrogen) atoms. The van der Waals surface area contributed by atoms with Crippen LogP contribution in [0, 0.1) is 11.8 Å². The zero-order valence-corrected chi connectivity index (χ0v) is 12.7. The van der Waals surface area contributed by atoms with Crippen molar-refractivity contribution >= 4 is 15.8 Å². The van der Waals surface area contributed by atoms with Gasteiger partial charge in [0, 0.05) is 18.3 Å². The topological polar surface area (TPSA) is 97.1 Å². The summed E-state index contributed by atoms with van der Waals surface area (Å²) in [5.41, 5.74) is 2.35. The molecule has 0 spiro atoms. The van der Waals surface area contributed by atoms with Gasteiger partial charge in [-0.25, -0.2) is 24.0 Å². The van der Waals surface area contributed by atoms with Gasteiger partial charge < -0.3 is 5.43 Å². The van der Waals surface area contributed by atoms with Gasteiger partial charge in [-0.15, -0.1) is 0 Å². The molecule has 0 bridgehead atoms. The molecule has 0 amide bonds. The van der Waals surface area contributed by atoms with Gasteiger partial charge in [-0.1, -0.05) is 20.3 Å². The molecular weight excluding hydrogens is 276 g/mol. The number of sulfonamides is 1. The molecule has 2 rings (SSSR count). The van der Waals surface area contributed by atoms with Crippen molar-refractivity contribution in [2.75, 3.05) is 5.43 Å². The van der Waals surface area contributed by atoms with E-state index in [0.717, 1.165) is 19.3 Å². The van der Waals surface area contributed by atoms with Crippen LogP contribution in [0.3, 0.4) is 0 Å². The SMILES string of the molecule is CCC1CCC(NS(=O)(=O)c2ccnc(NN)c2)C1C. The Balaban J connectivity index is 2.15. The Morgan fingerprint density at radius 2 is 2.20 bits per heavy atom. The lowest BCUT2D eigenvalue weighted by Crippen LogP contribution is -2.37. The van der Waals surface area contributed by atoms with Crippen LogP contribution in [-0.2, 0) is 10.0 Å². The van der Waals surface area contributed by atoms with E-state index in [0.29, 0.717) is 17.7 Å². The lowest BCUT2D eigenvalue weighted by Gasteiger charge is -2.21. The van der Waals surface area contributed by atoms with Crippen molar-refractivity contribution < 1.29 is 8.42 Å². The van der Waals surface area contributed by atoms with Crippen LogP contribution in [0.25, 0.3) is 0 Å². The highest BCUT2D eigenvalue weighted by Gasteiger charge is 2.34. The lowest BCUT2D eigenvalue weighted by molar-refractivity contribution is 0.368. The van der Waals surface area contributed by atoms with Crippen molar-refractivity contribution in [3.63, 3.8) is 0 Å². The van der Waals surface area contributed by atoms with Crippen molar-refractivity contribution in [1.82, 2.24) is 9.71 Å². The molecule has 1 saturated carbocycles. The predicted molar refractivity (Wildman–Crippen MR) is 78.3 cm³/mol. The first kappa shape index (κ1) is 15.2. The summed E-state index contributed by atoms with van der Waals surface area (Å²) in [5.74, 6) is 6.55. The Labute approximate surface area is 120 Å². The van der Waals surface area contributed by atoms with Crippen molar-refractivity contribution in [3.05, 3.63) is 18.3 Å². The Kier molecular flexibility index (Phi) is 4.62. The predicted octanol–water partition coefficient (Wildman–Crippen LogP) is 1.47. The van der Waals surface area contributed by atoms with Crippen LogP contribution < -0.4 is 16.0 Å². The molecule has 0 radical (unpaired) electrons. The summed E-state index contributed by atoms with van der Waals surface area (Å²) < 4.78 is 27.6. The third-order valence-corrected chi connectivity index (χ3v) is 5.73. The molecule has 1 aliphatic rings. The highest BCUT2D eigenvalue weighted by atomic mass is 32.2.